The first kappa shape index (κ1) is 34.1. The van der Waals surface area contributed by atoms with Crippen molar-refractivity contribution in [3.8, 4) is 0 Å². The molecule has 0 atom stereocenters. The Morgan fingerprint density at radius 3 is 1.54 bits per heavy atom. The van der Waals surface area contributed by atoms with Gasteiger partial charge in [0.25, 0.3) is 0 Å². The van der Waals surface area contributed by atoms with E-state index < -0.39 is 0 Å². The molecule has 0 bridgehead atoms. The molecule has 0 aromatic rings. The second-order valence-corrected chi connectivity index (χ2v) is 13.4. The maximum absolute atomic E-state index is 4.25. The molecule has 0 heterocycles. The molecule has 0 unspecified atom stereocenters. The Morgan fingerprint density at radius 2 is 1.02 bits per heavy atom. The second-order valence-electron chi connectivity index (χ2n) is 13.4. The van der Waals surface area contributed by atoms with Gasteiger partial charge < -0.3 is 0 Å². The molecule has 0 saturated heterocycles. The van der Waals surface area contributed by atoms with Gasteiger partial charge in [0.1, 0.15) is 0 Å². The van der Waals surface area contributed by atoms with Gasteiger partial charge in [0, 0.05) is 0 Å². The maximum Gasteiger partial charge on any atom is -0.00977 e. The van der Waals surface area contributed by atoms with Gasteiger partial charge in [0.05, 0.1) is 0 Å². The summed E-state index contributed by atoms with van der Waals surface area (Å²) >= 11 is 0. The van der Waals surface area contributed by atoms with Crippen molar-refractivity contribution in [3.63, 3.8) is 0 Å². The standard InChI is InChI=1S/C41H56/c1-31(19-14-21-33(3)24-26-38-36(6)23-16-29-40(38,8)9)17-12-13-18-32(2)20-15-22-34(4)25-27-39-37(7)35(5)28-30-41(39,10)11/h12-15,17-22,24-27H,5,16,23,28-30H2,1-4,6-11H3/b13-12+,19-14+,20-15+,26-24+,27-25+,31-17+,32-18+,33-21+,34-22+. The molecule has 0 heteroatoms. The number of hydrogen-bond donors (Lipinski definition) is 0. The summed E-state index contributed by atoms with van der Waals surface area (Å²) in [5.41, 5.74) is 12.6. The quantitative estimate of drug-likeness (QED) is 0.238. The summed E-state index contributed by atoms with van der Waals surface area (Å²) in [6.07, 6.45) is 36.7. The highest BCUT2D eigenvalue weighted by molar-refractivity contribution is 5.45. The minimum absolute atomic E-state index is 0.211. The smallest absolute Gasteiger partial charge is 0.00977 e. The molecule has 2 aliphatic rings. The van der Waals surface area contributed by atoms with E-state index >= 15 is 0 Å². The van der Waals surface area contributed by atoms with Crippen molar-refractivity contribution in [1.82, 2.24) is 0 Å². The third kappa shape index (κ3) is 11.3. The first-order valence-electron chi connectivity index (χ1n) is 15.4. The Kier molecular flexibility index (Phi) is 13.1. The largest absolute Gasteiger partial charge is 0.0956 e. The molecule has 0 radical (unpaired) electrons. The maximum atomic E-state index is 4.25. The zero-order chi connectivity index (χ0) is 30.6. The van der Waals surface area contributed by atoms with E-state index in [0.29, 0.717) is 0 Å². The van der Waals surface area contributed by atoms with Crippen molar-refractivity contribution in [2.24, 2.45) is 10.8 Å². The van der Waals surface area contributed by atoms with E-state index in [4.69, 9.17) is 0 Å². The highest BCUT2D eigenvalue weighted by Crippen LogP contribution is 2.43. The first-order chi connectivity index (χ1) is 19.2. The fourth-order valence-electron chi connectivity index (χ4n) is 5.61. The first-order valence-corrected chi connectivity index (χ1v) is 15.4. The van der Waals surface area contributed by atoms with Crippen molar-refractivity contribution in [3.05, 3.63) is 142 Å². The molecule has 0 saturated carbocycles. The van der Waals surface area contributed by atoms with Crippen LogP contribution in [0.3, 0.4) is 0 Å². The van der Waals surface area contributed by atoms with Crippen LogP contribution in [0.2, 0.25) is 0 Å². The van der Waals surface area contributed by atoms with E-state index in [9.17, 15) is 0 Å². The van der Waals surface area contributed by atoms with Crippen LogP contribution in [-0.2, 0) is 0 Å². The molecule has 0 aromatic carbocycles. The third-order valence-corrected chi connectivity index (χ3v) is 8.55. The van der Waals surface area contributed by atoms with E-state index in [2.05, 4.69) is 161 Å². The zero-order valence-electron chi connectivity index (χ0n) is 27.8. The fourth-order valence-corrected chi connectivity index (χ4v) is 5.61. The molecule has 2 rings (SSSR count). The van der Waals surface area contributed by atoms with Crippen molar-refractivity contribution < 1.29 is 0 Å². The van der Waals surface area contributed by atoms with Gasteiger partial charge in [-0.05, 0) is 101 Å². The van der Waals surface area contributed by atoms with Gasteiger partial charge in [0.2, 0.25) is 0 Å². The van der Waals surface area contributed by atoms with Crippen LogP contribution >= 0.6 is 0 Å². The molecule has 0 fully saturated rings. The van der Waals surface area contributed by atoms with Crippen LogP contribution in [0, 0.1) is 10.8 Å². The molecule has 2 aliphatic carbocycles. The molecule has 220 valence electrons. The highest BCUT2D eigenvalue weighted by Gasteiger charge is 2.28. The minimum Gasteiger partial charge on any atom is -0.0956 e. The molecule has 0 amide bonds. The molecular formula is C41H56. The van der Waals surface area contributed by atoms with Crippen LogP contribution in [-0.4, -0.2) is 0 Å². The van der Waals surface area contributed by atoms with Crippen molar-refractivity contribution in [2.75, 3.05) is 0 Å². The SMILES string of the molecule is C=C1CCC(C)(C)C(/C=C/C(C)=C/C=C/C(C)=C/C=C/C=C(C)/C=C/C=C(C)/C=C/C2=C(C)CCCC2(C)C)=C1C. The van der Waals surface area contributed by atoms with E-state index in [1.807, 2.05) is 0 Å². The van der Waals surface area contributed by atoms with Crippen molar-refractivity contribution >= 4 is 0 Å². The Labute approximate surface area is 253 Å². The van der Waals surface area contributed by atoms with Gasteiger partial charge in [-0.2, -0.15) is 0 Å². The molecule has 0 aliphatic heterocycles. The fraction of sp³-hybridized carbons (Fsp3) is 0.415. The molecule has 0 N–H and O–H groups in total. The van der Waals surface area contributed by atoms with Crippen LogP contribution in [0.5, 0.6) is 0 Å². The lowest BCUT2D eigenvalue weighted by atomic mass is 9.71. The van der Waals surface area contributed by atoms with Gasteiger partial charge in [-0.25, -0.2) is 0 Å². The van der Waals surface area contributed by atoms with Crippen LogP contribution in [0.25, 0.3) is 0 Å². The lowest BCUT2D eigenvalue weighted by Gasteiger charge is -2.34. The predicted octanol–water partition coefficient (Wildman–Crippen LogP) is 12.8. The number of hydrogen-bond acceptors (Lipinski definition) is 0. The summed E-state index contributed by atoms with van der Waals surface area (Å²) in [5.74, 6) is 0. The number of allylic oxidation sites excluding steroid dienone is 23. The van der Waals surface area contributed by atoms with Crippen LogP contribution in [0.1, 0.15) is 101 Å². The summed E-state index contributed by atoms with van der Waals surface area (Å²) in [4.78, 5) is 0. The predicted molar refractivity (Wildman–Crippen MR) is 186 cm³/mol. The molecule has 0 spiro atoms. The minimum atomic E-state index is 0.211. The molecular weight excluding hydrogens is 492 g/mol. The van der Waals surface area contributed by atoms with E-state index in [0.717, 1.165) is 6.42 Å². The van der Waals surface area contributed by atoms with Gasteiger partial charge in [-0.15, -0.1) is 0 Å². The van der Waals surface area contributed by atoms with E-state index in [-0.39, 0.29) is 10.8 Å². The van der Waals surface area contributed by atoms with Gasteiger partial charge >= 0.3 is 0 Å². The molecule has 0 aromatic heterocycles. The average Bonchev–Trinajstić information content (AvgIpc) is 2.88. The monoisotopic (exact) mass is 548 g/mol. The lowest BCUT2D eigenvalue weighted by Crippen LogP contribution is -2.20. The van der Waals surface area contributed by atoms with Crippen LogP contribution in [0.15, 0.2) is 142 Å². The summed E-state index contributed by atoms with van der Waals surface area (Å²) in [6, 6.07) is 0. The summed E-state index contributed by atoms with van der Waals surface area (Å²) in [7, 11) is 0. The average molecular weight is 549 g/mol. The normalized spacial score (nSPS) is 21.8. The van der Waals surface area contributed by atoms with Gasteiger partial charge in [0.15, 0.2) is 0 Å². The Hall–Kier alpha value is -3.12. The highest BCUT2D eigenvalue weighted by atomic mass is 14.3. The van der Waals surface area contributed by atoms with Crippen LogP contribution in [0.4, 0.5) is 0 Å². The molecule has 0 nitrogen and oxygen atoms in total. The van der Waals surface area contributed by atoms with E-state index in [1.54, 1.807) is 5.57 Å². The Balaban J connectivity index is 1.91. The van der Waals surface area contributed by atoms with Gasteiger partial charge in [-0.3, -0.25) is 0 Å². The number of rotatable bonds is 10. The van der Waals surface area contributed by atoms with Crippen molar-refractivity contribution in [1.29, 1.82) is 0 Å². The second kappa shape index (κ2) is 15.8. The van der Waals surface area contributed by atoms with Crippen LogP contribution < -0.4 is 0 Å². The van der Waals surface area contributed by atoms with Crippen molar-refractivity contribution in [2.45, 2.75) is 101 Å². The third-order valence-electron chi connectivity index (χ3n) is 8.55. The Bertz CT molecular complexity index is 1290. The van der Waals surface area contributed by atoms with Gasteiger partial charge in [-0.1, -0.05) is 153 Å². The summed E-state index contributed by atoms with van der Waals surface area (Å²) < 4.78 is 0. The lowest BCUT2D eigenvalue weighted by molar-refractivity contribution is 0.377. The topological polar surface area (TPSA) is 0 Å². The Morgan fingerprint density at radius 1 is 0.585 bits per heavy atom. The summed E-state index contributed by atoms with van der Waals surface area (Å²) in [5, 5.41) is 0. The zero-order valence-corrected chi connectivity index (χ0v) is 27.8. The van der Waals surface area contributed by atoms with E-state index in [1.165, 1.54) is 70.3 Å². The molecule has 41 heavy (non-hydrogen) atoms. The summed E-state index contributed by atoms with van der Waals surface area (Å²) in [6.45, 7) is 26.8.